The number of esters is 1. The maximum absolute atomic E-state index is 12.1. The van der Waals surface area contributed by atoms with Crippen LogP contribution in [0.15, 0.2) is 53.3 Å². The fraction of sp³-hybridized carbons (Fsp3) is 0.200. The second kappa shape index (κ2) is 8.67. The Labute approximate surface area is 165 Å². The Morgan fingerprint density at radius 1 is 1.21 bits per heavy atom. The Morgan fingerprint density at radius 2 is 2.00 bits per heavy atom. The third-order valence-corrected chi connectivity index (χ3v) is 4.23. The van der Waals surface area contributed by atoms with Crippen LogP contribution in [0.1, 0.15) is 19.2 Å². The van der Waals surface area contributed by atoms with E-state index in [4.69, 9.17) is 16.3 Å². The minimum Gasteiger partial charge on any atom is -0.453 e. The zero-order valence-electron chi connectivity index (χ0n) is 15.1. The van der Waals surface area contributed by atoms with E-state index < -0.39 is 18.0 Å². The number of anilines is 1. The maximum Gasteiger partial charge on any atom is 0.307 e. The molecule has 0 fully saturated rings. The lowest BCUT2D eigenvalue weighted by molar-refractivity contribution is -0.153. The van der Waals surface area contributed by atoms with Crippen molar-refractivity contribution < 1.29 is 14.3 Å². The van der Waals surface area contributed by atoms with E-state index in [1.807, 2.05) is 0 Å². The molecule has 0 aliphatic heterocycles. The number of hydrogen-bond donors (Lipinski definition) is 2. The van der Waals surface area contributed by atoms with Crippen molar-refractivity contribution in [1.82, 2.24) is 9.97 Å². The fourth-order valence-electron chi connectivity index (χ4n) is 2.59. The van der Waals surface area contributed by atoms with Gasteiger partial charge in [-0.05, 0) is 37.3 Å². The van der Waals surface area contributed by atoms with Gasteiger partial charge < -0.3 is 15.0 Å². The van der Waals surface area contributed by atoms with E-state index in [-0.39, 0.29) is 18.4 Å². The molecular weight excluding hydrogens is 382 g/mol. The maximum atomic E-state index is 12.1. The third kappa shape index (κ3) is 4.95. The first-order valence-electron chi connectivity index (χ1n) is 8.66. The normalized spacial score (nSPS) is 11.8. The van der Waals surface area contributed by atoms with Gasteiger partial charge in [-0.3, -0.25) is 14.4 Å². The molecule has 0 spiro atoms. The van der Waals surface area contributed by atoms with Crippen LogP contribution in [0.3, 0.4) is 0 Å². The summed E-state index contributed by atoms with van der Waals surface area (Å²) in [6.45, 7) is 1.48. The van der Waals surface area contributed by atoms with Gasteiger partial charge in [-0.2, -0.15) is 0 Å². The smallest absolute Gasteiger partial charge is 0.307 e. The molecule has 1 heterocycles. The summed E-state index contributed by atoms with van der Waals surface area (Å²) in [5.74, 6) is -0.644. The highest BCUT2D eigenvalue weighted by atomic mass is 35.5. The van der Waals surface area contributed by atoms with Crippen molar-refractivity contribution in [3.63, 3.8) is 0 Å². The van der Waals surface area contributed by atoms with Crippen LogP contribution in [-0.2, 0) is 20.7 Å². The van der Waals surface area contributed by atoms with Crippen LogP contribution < -0.4 is 10.9 Å². The number of benzene rings is 2. The van der Waals surface area contributed by atoms with E-state index in [2.05, 4.69) is 15.3 Å². The molecule has 0 aliphatic rings. The summed E-state index contributed by atoms with van der Waals surface area (Å²) in [5, 5.41) is 3.60. The van der Waals surface area contributed by atoms with E-state index in [1.165, 1.54) is 6.92 Å². The minimum absolute atomic E-state index is 0.0178. The predicted octanol–water partition coefficient (Wildman–Crippen LogP) is 3.08. The van der Waals surface area contributed by atoms with Gasteiger partial charge >= 0.3 is 5.97 Å². The van der Waals surface area contributed by atoms with Crippen molar-refractivity contribution in [3.8, 4) is 0 Å². The monoisotopic (exact) mass is 399 g/mol. The van der Waals surface area contributed by atoms with Gasteiger partial charge in [0, 0.05) is 17.1 Å². The van der Waals surface area contributed by atoms with Crippen LogP contribution in [0.2, 0.25) is 5.02 Å². The molecule has 0 bridgehead atoms. The van der Waals surface area contributed by atoms with E-state index >= 15 is 0 Å². The summed E-state index contributed by atoms with van der Waals surface area (Å²) in [4.78, 5) is 43.2. The number of rotatable bonds is 6. The molecule has 1 aromatic heterocycles. The van der Waals surface area contributed by atoms with Crippen molar-refractivity contribution in [2.24, 2.45) is 0 Å². The summed E-state index contributed by atoms with van der Waals surface area (Å²) in [6.07, 6.45) is -0.799. The predicted molar refractivity (Wildman–Crippen MR) is 106 cm³/mol. The molecule has 0 unspecified atom stereocenters. The molecule has 1 atom stereocenters. The van der Waals surface area contributed by atoms with E-state index in [9.17, 15) is 14.4 Å². The fourth-order valence-corrected chi connectivity index (χ4v) is 2.78. The standard InChI is InChI=1S/C20H18ClN3O4/c1-12(19(26)22-14-6-4-5-13(21)11-14)28-18(25)10-9-17-23-16-8-3-2-7-15(16)20(27)24-17/h2-8,11-12H,9-10H2,1H3,(H,22,26)(H,23,24,27)/t12-/m1/s1. The Morgan fingerprint density at radius 3 is 2.79 bits per heavy atom. The van der Waals surface area contributed by atoms with Crippen LogP contribution in [0.4, 0.5) is 5.69 Å². The number of ether oxygens (including phenoxy) is 1. The van der Waals surface area contributed by atoms with Crippen molar-refractivity contribution in [2.45, 2.75) is 25.9 Å². The molecule has 1 amide bonds. The highest BCUT2D eigenvalue weighted by Crippen LogP contribution is 2.15. The van der Waals surface area contributed by atoms with Crippen LogP contribution in [-0.4, -0.2) is 27.9 Å². The Kier molecular flexibility index (Phi) is 6.06. The van der Waals surface area contributed by atoms with Crippen molar-refractivity contribution in [1.29, 1.82) is 0 Å². The number of aryl methyl sites for hydroxylation is 1. The van der Waals surface area contributed by atoms with E-state index in [0.717, 1.165) is 0 Å². The number of H-pyrrole nitrogens is 1. The van der Waals surface area contributed by atoms with Gasteiger partial charge in [-0.25, -0.2) is 4.98 Å². The Bertz CT molecular complexity index is 1080. The summed E-state index contributed by atoms with van der Waals surface area (Å²) >= 11 is 5.87. The summed E-state index contributed by atoms with van der Waals surface area (Å²) in [5.41, 5.74) is 0.811. The number of nitrogens with zero attached hydrogens (tertiary/aromatic N) is 1. The highest BCUT2D eigenvalue weighted by molar-refractivity contribution is 6.30. The number of aromatic nitrogens is 2. The lowest BCUT2D eigenvalue weighted by Crippen LogP contribution is -2.30. The number of carbonyl (C=O) groups excluding carboxylic acids is 2. The topological polar surface area (TPSA) is 101 Å². The number of amides is 1. The van der Waals surface area contributed by atoms with Gasteiger partial charge in [0.25, 0.3) is 11.5 Å². The molecule has 0 saturated heterocycles. The molecule has 2 N–H and O–H groups in total. The molecule has 0 radical (unpaired) electrons. The molecule has 7 nitrogen and oxygen atoms in total. The van der Waals surface area contributed by atoms with Crippen LogP contribution in [0.5, 0.6) is 0 Å². The van der Waals surface area contributed by atoms with Gasteiger partial charge in [-0.15, -0.1) is 0 Å². The number of halogens is 1. The SMILES string of the molecule is C[C@@H](OC(=O)CCc1nc2ccccc2c(=O)[nH]1)C(=O)Nc1cccc(Cl)c1. The van der Waals surface area contributed by atoms with E-state index in [1.54, 1.807) is 48.5 Å². The Hall–Kier alpha value is -3.19. The van der Waals surface area contributed by atoms with Gasteiger partial charge in [-0.1, -0.05) is 29.8 Å². The summed E-state index contributed by atoms with van der Waals surface area (Å²) in [7, 11) is 0. The Balaban J connectivity index is 1.55. The average Bonchev–Trinajstić information content (AvgIpc) is 2.66. The highest BCUT2D eigenvalue weighted by Gasteiger charge is 2.18. The molecule has 3 rings (SSSR count). The number of para-hydroxylation sites is 1. The lowest BCUT2D eigenvalue weighted by Gasteiger charge is -2.13. The van der Waals surface area contributed by atoms with Crippen molar-refractivity contribution in [2.75, 3.05) is 5.32 Å². The largest absolute Gasteiger partial charge is 0.453 e. The van der Waals surface area contributed by atoms with Crippen molar-refractivity contribution in [3.05, 3.63) is 69.7 Å². The number of aromatic amines is 1. The number of nitrogens with one attached hydrogen (secondary N) is 2. The van der Waals surface area contributed by atoms with Crippen LogP contribution in [0, 0.1) is 0 Å². The quantitative estimate of drug-likeness (QED) is 0.620. The molecule has 8 heteroatoms. The molecule has 0 aliphatic carbocycles. The number of carbonyl (C=O) groups is 2. The molecule has 144 valence electrons. The second-order valence-corrected chi connectivity index (χ2v) is 6.60. The first kappa shape index (κ1) is 19.6. The average molecular weight is 400 g/mol. The molecule has 0 saturated carbocycles. The summed E-state index contributed by atoms with van der Waals surface area (Å²) < 4.78 is 5.15. The second-order valence-electron chi connectivity index (χ2n) is 6.16. The van der Waals surface area contributed by atoms with Crippen molar-refractivity contribution >= 4 is 40.1 Å². The first-order valence-corrected chi connectivity index (χ1v) is 9.04. The van der Waals surface area contributed by atoms with Gasteiger partial charge in [0.15, 0.2) is 6.10 Å². The molecule has 2 aromatic carbocycles. The molecule has 3 aromatic rings. The van der Waals surface area contributed by atoms with Crippen LogP contribution >= 0.6 is 11.6 Å². The molecule has 28 heavy (non-hydrogen) atoms. The molecular formula is C20H18ClN3O4. The summed E-state index contributed by atoms with van der Waals surface area (Å²) in [6, 6.07) is 13.6. The van der Waals surface area contributed by atoms with Gasteiger partial charge in [0.2, 0.25) is 0 Å². The first-order chi connectivity index (χ1) is 13.4. The minimum atomic E-state index is -0.977. The van der Waals surface area contributed by atoms with Gasteiger partial charge in [0.1, 0.15) is 5.82 Å². The van der Waals surface area contributed by atoms with E-state index in [0.29, 0.717) is 27.4 Å². The zero-order chi connectivity index (χ0) is 20.1. The lowest BCUT2D eigenvalue weighted by atomic mass is 10.2. The number of hydrogen-bond acceptors (Lipinski definition) is 5. The van der Waals surface area contributed by atoms with Crippen LogP contribution in [0.25, 0.3) is 10.9 Å². The number of fused-ring (bicyclic) bond motifs is 1. The zero-order valence-corrected chi connectivity index (χ0v) is 15.8. The third-order valence-electron chi connectivity index (χ3n) is 4.00. The van der Waals surface area contributed by atoms with Gasteiger partial charge in [0.05, 0.1) is 17.3 Å².